The van der Waals surface area contributed by atoms with Crippen LogP contribution < -0.4 is 4.72 Å². The van der Waals surface area contributed by atoms with E-state index in [9.17, 15) is 8.42 Å². The molecule has 1 heterocycles. The van der Waals surface area contributed by atoms with E-state index >= 15 is 0 Å². The van der Waals surface area contributed by atoms with Crippen molar-refractivity contribution in [1.29, 1.82) is 0 Å². The van der Waals surface area contributed by atoms with Gasteiger partial charge in [0.05, 0.1) is 17.2 Å². The smallest absolute Gasteiger partial charge is 0.263 e. The minimum Gasteiger partial charge on any atom is -0.391 e. The lowest BCUT2D eigenvalue weighted by Gasteiger charge is -2.08. The van der Waals surface area contributed by atoms with Gasteiger partial charge in [-0.3, -0.25) is 4.72 Å². The number of aliphatic hydroxyl groups excluding tert-OH is 1. The minimum atomic E-state index is -3.69. The van der Waals surface area contributed by atoms with E-state index in [0.717, 1.165) is 0 Å². The average Bonchev–Trinajstić information content (AvgIpc) is 2.77. The third kappa shape index (κ3) is 2.84. The lowest BCUT2D eigenvalue weighted by molar-refractivity contribution is 0.282. The second-order valence-electron chi connectivity index (χ2n) is 3.48. The van der Waals surface area contributed by atoms with Gasteiger partial charge in [0.2, 0.25) is 0 Å². The second-order valence-corrected chi connectivity index (χ2v) is 6.57. The average molecular weight is 304 g/mol. The molecule has 0 unspecified atom stereocenters. The molecule has 96 valence electrons. The Morgan fingerprint density at radius 2 is 2.11 bits per heavy atom. The van der Waals surface area contributed by atoms with Crippen molar-refractivity contribution in [2.24, 2.45) is 0 Å². The van der Waals surface area contributed by atoms with Crippen molar-refractivity contribution in [1.82, 2.24) is 0 Å². The van der Waals surface area contributed by atoms with Crippen LogP contribution in [0.4, 0.5) is 5.69 Å². The number of hydrogen-bond acceptors (Lipinski definition) is 4. The summed E-state index contributed by atoms with van der Waals surface area (Å²) in [5, 5.41) is 11.1. The van der Waals surface area contributed by atoms with Gasteiger partial charge in [0.25, 0.3) is 10.0 Å². The third-order valence-electron chi connectivity index (χ3n) is 2.21. The van der Waals surface area contributed by atoms with E-state index in [1.807, 2.05) is 0 Å². The summed E-state index contributed by atoms with van der Waals surface area (Å²) < 4.78 is 26.6. The van der Waals surface area contributed by atoms with E-state index in [1.54, 1.807) is 23.6 Å². The van der Waals surface area contributed by atoms with Crippen LogP contribution in [0, 0.1) is 0 Å². The van der Waals surface area contributed by atoms with Crippen molar-refractivity contribution >= 4 is 38.6 Å². The molecule has 0 bridgehead atoms. The molecule has 0 saturated heterocycles. The van der Waals surface area contributed by atoms with Gasteiger partial charge in [-0.15, -0.1) is 11.3 Å². The highest BCUT2D eigenvalue weighted by molar-refractivity contribution is 7.93. The lowest BCUT2D eigenvalue weighted by Crippen LogP contribution is -2.13. The number of thiophene rings is 1. The minimum absolute atomic E-state index is 0.0926. The molecule has 0 fully saturated rings. The monoisotopic (exact) mass is 303 g/mol. The van der Waals surface area contributed by atoms with Crippen LogP contribution in [0.3, 0.4) is 0 Å². The molecular weight excluding hydrogens is 294 g/mol. The fourth-order valence-electron chi connectivity index (χ4n) is 1.45. The zero-order chi connectivity index (χ0) is 13.2. The van der Waals surface area contributed by atoms with Crippen LogP contribution in [0.5, 0.6) is 0 Å². The molecule has 2 aromatic rings. The number of sulfonamides is 1. The zero-order valence-electron chi connectivity index (χ0n) is 9.13. The topological polar surface area (TPSA) is 66.4 Å². The Bertz CT molecular complexity index is 652. The Balaban J connectivity index is 2.33. The highest BCUT2D eigenvalue weighted by Gasteiger charge is 2.19. The van der Waals surface area contributed by atoms with E-state index in [-0.39, 0.29) is 11.5 Å². The normalized spacial score (nSPS) is 11.4. The van der Waals surface area contributed by atoms with Gasteiger partial charge in [0.1, 0.15) is 4.90 Å². The molecule has 1 aromatic carbocycles. The van der Waals surface area contributed by atoms with Gasteiger partial charge >= 0.3 is 0 Å². The molecule has 0 saturated carbocycles. The third-order valence-corrected chi connectivity index (χ3v) is 4.95. The van der Waals surface area contributed by atoms with Crippen molar-refractivity contribution in [3.8, 4) is 0 Å². The number of nitrogens with one attached hydrogen (secondary N) is 1. The summed E-state index contributed by atoms with van der Waals surface area (Å²) in [5.74, 6) is 0. The number of aliphatic hydroxyl groups is 1. The summed E-state index contributed by atoms with van der Waals surface area (Å²) in [6.45, 7) is -0.302. The van der Waals surface area contributed by atoms with Crippen molar-refractivity contribution in [2.75, 3.05) is 4.72 Å². The van der Waals surface area contributed by atoms with Gasteiger partial charge in [-0.2, -0.15) is 0 Å². The van der Waals surface area contributed by atoms with E-state index < -0.39 is 10.0 Å². The molecule has 0 aliphatic rings. The zero-order valence-corrected chi connectivity index (χ0v) is 11.5. The van der Waals surface area contributed by atoms with Crippen LogP contribution in [-0.4, -0.2) is 13.5 Å². The maximum Gasteiger partial charge on any atom is 0.263 e. The Morgan fingerprint density at radius 1 is 1.33 bits per heavy atom. The molecule has 0 amide bonds. The van der Waals surface area contributed by atoms with Gasteiger partial charge in [0, 0.05) is 5.02 Å². The molecule has 0 aliphatic carbocycles. The first-order chi connectivity index (χ1) is 8.53. The number of benzene rings is 1. The SMILES string of the molecule is O=S(=O)(Nc1cccc(Cl)c1)c1ccsc1CO. The van der Waals surface area contributed by atoms with Gasteiger partial charge in [0.15, 0.2) is 0 Å². The number of halogens is 1. The van der Waals surface area contributed by atoms with Crippen LogP contribution in [-0.2, 0) is 16.6 Å². The molecule has 0 aliphatic heterocycles. The van der Waals surface area contributed by atoms with Gasteiger partial charge in [-0.1, -0.05) is 17.7 Å². The summed E-state index contributed by atoms with van der Waals surface area (Å²) in [7, 11) is -3.69. The summed E-state index contributed by atoms with van der Waals surface area (Å²) >= 11 is 6.98. The second kappa shape index (κ2) is 5.27. The first-order valence-electron chi connectivity index (χ1n) is 4.98. The van der Waals surface area contributed by atoms with E-state index in [0.29, 0.717) is 15.6 Å². The Hall–Kier alpha value is -1.08. The molecule has 0 radical (unpaired) electrons. The summed E-state index contributed by atoms with van der Waals surface area (Å²) in [4.78, 5) is 0.500. The number of anilines is 1. The van der Waals surface area contributed by atoms with Gasteiger partial charge in [-0.25, -0.2) is 8.42 Å². The highest BCUT2D eigenvalue weighted by atomic mass is 35.5. The quantitative estimate of drug-likeness (QED) is 0.912. The Morgan fingerprint density at radius 3 is 2.78 bits per heavy atom. The van der Waals surface area contributed by atoms with Crippen LogP contribution in [0.25, 0.3) is 0 Å². The molecule has 2 rings (SSSR count). The first kappa shape index (κ1) is 13.4. The molecule has 18 heavy (non-hydrogen) atoms. The largest absolute Gasteiger partial charge is 0.391 e. The van der Waals surface area contributed by atoms with Crippen LogP contribution in [0.1, 0.15) is 4.88 Å². The summed E-state index contributed by atoms with van der Waals surface area (Å²) in [6.07, 6.45) is 0. The fourth-order valence-corrected chi connectivity index (χ4v) is 3.98. The number of hydrogen-bond donors (Lipinski definition) is 2. The molecule has 7 heteroatoms. The van der Waals surface area contributed by atoms with Crippen molar-refractivity contribution < 1.29 is 13.5 Å². The van der Waals surface area contributed by atoms with Crippen LogP contribution in [0.15, 0.2) is 40.6 Å². The predicted octanol–water partition coefficient (Wildman–Crippen LogP) is 2.69. The first-order valence-corrected chi connectivity index (χ1v) is 7.72. The van der Waals surface area contributed by atoms with E-state index in [2.05, 4.69) is 4.72 Å². The highest BCUT2D eigenvalue weighted by Crippen LogP contribution is 2.25. The van der Waals surface area contributed by atoms with Gasteiger partial charge < -0.3 is 5.11 Å². The van der Waals surface area contributed by atoms with Crippen molar-refractivity contribution in [3.05, 3.63) is 45.6 Å². The molecule has 0 spiro atoms. The summed E-state index contributed by atoms with van der Waals surface area (Å²) in [5.41, 5.74) is 0.387. The molecule has 4 nitrogen and oxygen atoms in total. The Kier molecular flexibility index (Phi) is 3.91. The fraction of sp³-hybridized carbons (Fsp3) is 0.0909. The molecule has 0 atom stereocenters. The molecular formula is C11H10ClNO3S2. The molecule has 2 N–H and O–H groups in total. The Labute approximate surface area is 114 Å². The predicted molar refractivity (Wildman–Crippen MR) is 72.5 cm³/mol. The maximum atomic E-state index is 12.1. The van der Waals surface area contributed by atoms with Crippen molar-refractivity contribution in [3.63, 3.8) is 0 Å². The van der Waals surface area contributed by atoms with Gasteiger partial charge in [-0.05, 0) is 29.6 Å². The standard InChI is InChI=1S/C11H10ClNO3S2/c12-8-2-1-3-9(6-8)13-18(15,16)11-4-5-17-10(11)7-14/h1-6,13-14H,7H2. The maximum absolute atomic E-state index is 12.1. The number of rotatable bonds is 4. The van der Waals surface area contributed by atoms with E-state index in [4.69, 9.17) is 16.7 Å². The van der Waals surface area contributed by atoms with Crippen LogP contribution >= 0.6 is 22.9 Å². The van der Waals surface area contributed by atoms with Crippen LogP contribution in [0.2, 0.25) is 5.02 Å². The van der Waals surface area contributed by atoms with E-state index in [1.165, 1.54) is 23.5 Å². The van der Waals surface area contributed by atoms with Crippen molar-refractivity contribution in [2.45, 2.75) is 11.5 Å². The summed E-state index contributed by atoms with van der Waals surface area (Å²) in [6, 6.07) is 7.89. The molecule has 1 aromatic heterocycles. The lowest BCUT2D eigenvalue weighted by atomic mass is 10.3.